The number of ketones is 2. The van der Waals surface area contributed by atoms with Gasteiger partial charge in [-0.25, -0.2) is 0 Å². The summed E-state index contributed by atoms with van der Waals surface area (Å²) in [4.78, 5) is 25.7. The van der Waals surface area contributed by atoms with E-state index in [0.717, 1.165) is 42.4 Å². The van der Waals surface area contributed by atoms with Gasteiger partial charge in [-0.2, -0.15) is 0 Å². The Morgan fingerprint density at radius 2 is 1.68 bits per heavy atom. The maximum absolute atomic E-state index is 13.3. The molecule has 25 heavy (non-hydrogen) atoms. The molecule has 0 aromatic heterocycles. The fourth-order valence-corrected chi connectivity index (χ4v) is 5.57. The van der Waals surface area contributed by atoms with Crippen LogP contribution >= 0.6 is 0 Å². The van der Waals surface area contributed by atoms with E-state index in [9.17, 15) is 14.7 Å². The molecule has 5 rings (SSSR count). The molecule has 4 aliphatic carbocycles. The summed E-state index contributed by atoms with van der Waals surface area (Å²) in [5.74, 6) is 0.0341. The molecule has 3 fully saturated rings. The number of carbonyl (C=O) groups is 2. The molecule has 0 radical (unpaired) electrons. The minimum absolute atomic E-state index is 0.0125. The van der Waals surface area contributed by atoms with E-state index in [1.807, 2.05) is 0 Å². The summed E-state index contributed by atoms with van der Waals surface area (Å²) in [6.07, 6.45) is 3.96. The summed E-state index contributed by atoms with van der Waals surface area (Å²) in [5, 5.41) is 11.1. The Morgan fingerprint density at radius 3 is 2.24 bits per heavy atom. The smallest absolute Gasteiger partial charge is 0.171 e. The van der Waals surface area contributed by atoms with Crippen molar-refractivity contribution in [3.05, 3.63) is 40.1 Å². The van der Waals surface area contributed by atoms with Crippen molar-refractivity contribution in [1.82, 2.24) is 0 Å². The summed E-state index contributed by atoms with van der Waals surface area (Å²) in [5.41, 5.74) is 4.92. The van der Waals surface area contributed by atoms with E-state index in [1.165, 1.54) is 5.56 Å². The van der Waals surface area contributed by atoms with Gasteiger partial charge in [0.05, 0.1) is 5.57 Å². The molecule has 0 spiro atoms. The average molecular weight is 338 g/mol. The van der Waals surface area contributed by atoms with Crippen LogP contribution in [0, 0.1) is 30.6 Å². The van der Waals surface area contributed by atoms with Gasteiger partial charge in [-0.15, -0.1) is 0 Å². The normalized spacial score (nSPS) is 31.0. The number of aryl methyl sites for hydroxylation is 3. The maximum atomic E-state index is 13.3. The van der Waals surface area contributed by atoms with Gasteiger partial charge in [-0.3, -0.25) is 9.59 Å². The van der Waals surface area contributed by atoms with E-state index in [0.29, 0.717) is 12.0 Å². The summed E-state index contributed by atoms with van der Waals surface area (Å²) >= 11 is 0. The topological polar surface area (TPSA) is 54.4 Å². The van der Waals surface area contributed by atoms with Gasteiger partial charge >= 0.3 is 0 Å². The van der Waals surface area contributed by atoms with Crippen LogP contribution in [0.5, 0.6) is 0 Å². The van der Waals surface area contributed by atoms with E-state index in [-0.39, 0.29) is 41.0 Å². The largest absolute Gasteiger partial charge is 0.511 e. The van der Waals surface area contributed by atoms with Crippen LogP contribution in [0.4, 0.5) is 0 Å². The Morgan fingerprint density at radius 1 is 1.04 bits per heavy atom. The van der Waals surface area contributed by atoms with Gasteiger partial charge in [-0.05, 0) is 55.2 Å². The number of rotatable bonds is 3. The number of allylic oxidation sites excluding steroid dienone is 2. The molecule has 3 saturated carbocycles. The van der Waals surface area contributed by atoms with E-state index < -0.39 is 0 Å². The van der Waals surface area contributed by atoms with Crippen LogP contribution in [0.25, 0.3) is 5.57 Å². The summed E-state index contributed by atoms with van der Waals surface area (Å²) in [6, 6.07) is 4.26. The molecule has 1 N–H and O–H groups in total. The van der Waals surface area contributed by atoms with Crippen LogP contribution in [0.2, 0.25) is 0 Å². The SMILES string of the molecule is CCc1cc(C)cc(CC)c1C1=C(O)[C@H]2[C@@H]3CC[C@@H](C(=O)C3)[C@H]2C1=O. The van der Waals surface area contributed by atoms with Crippen LogP contribution in [0.3, 0.4) is 0 Å². The van der Waals surface area contributed by atoms with E-state index in [4.69, 9.17) is 0 Å². The van der Waals surface area contributed by atoms with Crippen molar-refractivity contribution < 1.29 is 14.7 Å². The lowest BCUT2D eigenvalue weighted by Crippen LogP contribution is -2.46. The predicted molar refractivity (Wildman–Crippen MR) is 97.3 cm³/mol. The Hall–Kier alpha value is -1.90. The highest BCUT2D eigenvalue weighted by Gasteiger charge is 2.57. The van der Waals surface area contributed by atoms with Gasteiger partial charge in [-0.1, -0.05) is 31.5 Å². The number of carbonyl (C=O) groups excluding carboxylic acids is 2. The Kier molecular flexibility index (Phi) is 3.86. The van der Waals surface area contributed by atoms with Gasteiger partial charge in [0, 0.05) is 24.2 Å². The van der Waals surface area contributed by atoms with Gasteiger partial charge in [0.2, 0.25) is 0 Å². The standard InChI is InChI=1S/C22H26O3/c1-4-12-8-11(3)9-13(5-2)17(12)20-21(24)18-14-6-7-15(16(23)10-14)19(18)22(20)25/h8-9,14-15,18-19,24H,4-7,10H2,1-3H3/t14-,15+,18+,19-/m1/s1. The molecular formula is C22H26O3. The number of fused-ring (bicyclic) bond motifs is 2. The molecule has 0 unspecified atom stereocenters. The Bertz CT molecular complexity index is 776. The zero-order chi connectivity index (χ0) is 17.9. The zero-order valence-electron chi connectivity index (χ0n) is 15.3. The zero-order valence-corrected chi connectivity index (χ0v) is 15.3. The van der Waals surface area contributed by atoms with Crippen molar-refractivity contribution in [2.45, 2.75) is 52.9 Å². The van der Waals surface area contributed by atoms with Crippen molar-refractivity contribution in [3.8, 4) is 0 Å². The molecule has 3 heteroatoms. The van der Waals surface area contributed by atoms with Crippen molar-refractivity contribution >= 4 is 17.1 Å². The van der Waals surface area contributed by atoms with Gasteiger partial charge in [0.15, 0.2) is 5.78 Å². The number of aliphatic hydroxyl groups excluding tert-OH is 1. The van der Waals surface area contributed by atoms with Crippen molar-refractivity contribution in [1.29, 1.82) is 0 Å². The first-order valence-corrected chi connectivity index (χ1v) is 9.60. The van der Waals surface area contributed by atoms with E-state index >= 15 is 0 Å². The Balaban J connectivity index is 1.90. The minimum Gasteiger partial charge on any atom is -0.511 e. The predicted octanol–water partition coefficient (Wildman–Crippen LogP) is 4.20. The number of hydrogen-bond donors (Lipinski definition) is 1. The van der Waals surface area contributed by atoms with Gasteiger partial charge in [0.25, 0.3) is 0 Å². The molecule has 132 valence electrons. The Labute approximate surface area is 149 Å². The highest BCUT2D eigenvalue weighted by atomic mass is 16.3. The van der Waals surface area contributed by atoms with Crippen LogP contribution in [0.1, 0.15) is 55.4 Å². The molecular weight excluding hydrogens is 312 g/mol. The van der Waals surface area contributed by atoms with Crippen LogP contribution in [-0.4, -0.2) is 16.7 Å². The molecule has 2 bridgehead atoms. The second-order valence-electron chi connectivity index (χ2n) is 7.96. The van der Waals surface area contributed by atoms with E-state index in [2.05, 4.69) is 32.9 Å². The van der Waals surface area contributed by atoms with Crippen LogP contribution in [-0.2, 0) is 22.4 Å². The quantitative estimate of drug-likeness (QED) is 0.898. The lowest BCUT2D eigenvalue weighted by Gasteiger charge is -2.43. The first-order valence-electron chi connectivity index (χ1n) is 9.60. The summed E-state index contributed by atoms with van der Waals surface area (Å²) < 4.78 is 0. The molecule has 1 aromatic carbocycles. The van der Waals surface area contributed by atoms with Crippen molar-refractivity contribution in [3.63, 3.8) is 0 Å². The first-order chi connectivity index (χ1) is 12.0. The van der Waals surface area contributed by atoms with Gasteiger partial charge < -0.3 is 5.11 Å². The lowest BCUT2D eigenvalue weighted by atomic mass is 9.58. The molecule has 1 aromatic rings. The minimum atomic E-state index is -0.314. The molecule has 0 heterocycles. The third-order valence-electron chi connectivity index (χ3n) is 6.63. The third kappa shape index (κ3) is 2.24. The number of benzene rings is 1. The second-order valence-corrected chi connectivity index (χ2v) is 7.96. The maximum Gasteiger partial charge on any atom is 0.171 e. The third-order valence-corrected chi connectivity index (χ3v) is 6.63. The highest BCUT2D eigenvalue weighted by Crippen LogP contribution is 2.56. The first kappa shape index (κ1) is 16.6. The van der Waals surface area contributed by atoms with E-state index in [1.54, 1.807) is 0 Å². The monoisotopic (exact) mass is 338 g/mol. The van der Waals surface area contributed by atoms with Gasteiger partial charge in [0.1, 0.15) is 11.5 Å². The second kappa shape index (κ2) is 5.82. The van der Waals surface area contributed by atoms with Crippen molar-refractivity contribution in [2.75, 3.05) is 0 Å². The van der Waals surface area contributed by atoms with Crippen LogP contribution < -0.4 is 0 Å². The summed E-state index contributed by atoms with van der Waals surface area (Å²) in [7, 11) is 0. The molecule has 4 aliphatic rings. The molecule has 4 atom stereocenters. The fraction of sp³-hybridized carbons (Fsp3) is 0.545. The molecule has 0 saturated heterocycles. The number of hydrogen-bond acceptors (Lipinski definition) is 3. The lowest BCUT2D eigenvalue weighted by molar-refractivity contribution is -0.141. The van der Waals surface area contributed by atoms with Crippen LogP contribution in [0.15, 0.2) is 17.9 Å². The highest BCUT2D eigenvalue weighted by molar-refractivity contribution is 6.26. The molecule has 0 amide bonds. The average Bonchev–Trinajstić information content (AvgIpc) is 2.87. The molecule has 3 nitrogen and oxygen atoms in total. The number of aliphatic hydroxyl groups is 1. The van der Waals surface area contributed by atoms with Crippen molar-refractivity contribution in [2.24, 2.45) is 23.7 Å². The fourth-order valence-electron chi connectivity index (χ4n) is 5.57. The number of Topliss-reactive ketones (excluding diaryl/α,β-unsaturated/α-hetero) is 2. The summed E-state index contributed by atoms with van der Waals surface area (Å²) in [6.45, 7) is 6.26. The molecule has 0 aliphatic heterocycles.